The number of anilines is 1. The van der Waals surface area contributed by atoms with Crippen LogP contribution in [0.5, 0.6) is 0 Å². The van der Waals surface area contributed by atoms with Crippen molar-refractivity contribution in [3.63, 3.8) is 0 Å². The van der Waals surface area contributed by atoms with Gasteiger partial charge in [0.05, 0.1) is 4.90 Å². The van der Waals surface area contributed by atoms with Crippen molar-refractivity contribution in [1.29, 1.82) is 0 Å². The van der Waals surface area contributed by atoms with Crippen LogP contribution in [-0.2, 0) is 29.7 Å². The molecule has 1 aromatic heterocycles. The summed E-state index contributed by atoms with van der Waals surface area (Å²) < 4.78 is 42.1. The molecule has 0 aliphatic heterocycles. The number of sulfonamides is 1. The summed E-state index contributed by atoms with van der Waals surface area (Å²) in [6.45, 7) is 0.561. The topological polar surface area (TPSA) is 74.3 Å². The first-order valence-corrected chi connectivity index (χ1v) is 14.0. The molecule has 3 aromatic carbocycles. The maximum atomic E-state index is 13.7. The lowest BCUT2D eigenvalue weighted by Gasteiger charge is -2.23. The van der Waals surface area contributed by atoms with Crippen LogP contribution in [0.4, 0.5) is 10.1 Å². The second-order valence-electron chi connectivity index (χ2n) is 8.36. The van der Waals surface area contributed by atoms with Gasteiger partial charge in [0.2, 0.25) is 10.0 Å². The lowest BCUT2D eigenvalue weighted by molar-refractivity contribution is 0.401. The zero-order valence-electron chi connectivity index (χ0n) is 19.9. The Kier molecular flexibility index (Phi) is 9.30. The van der Waals surface area contributed by atoms with Gasteiger partial charge in [-0.3, -0.25) is 4.98 Å². The van der Waals surface area contributed by atoms with Gasteiger partial charge in [0.25, 0.3) is 0 Å². The third-order valence-electron chi connectivity index (χ3n) is 5.51. The highest BCUT2D eigenvalue weighted by molar-refractivity contribution is 7.89. The van der Waals surface area contributed by atoms with Gasteiger partial charge < -0.3 is 10.6 Å². The zero-order chi connectivity index (χ0) is 27.1. The molecule has 0 spiro atoms. The second-order valence-corrected chi connectivity index (χ2v) is 11.6. The number of hydrogen-bond acceptors (Lipinski definition) is 4. The summed E-state index contributed by atoms with van der Waals surface area (Å²) in [5.41, 5.74) is 2.90. The van der Waals surface area contributed by atoms with Gasteiger partial charge in [-0.2, -0.15) is 4.31 Å². The molecule has 0 saturated carbocycles. The Morgan fingerprint density at radius 3 is 2.08 bits per heavy atom. The molecule has 1 heterocycles. The highest BCUT2D eigenvalue weighted by Gasteiger charge is 2.25. The Hall–Kier alpha value is -3.08. The third-order valence-corrected chi connectivity index (χ3v) is 7.99. The Labute approximate surface area is 236 Å². The molecule has 0 bridgehead atoms. The molecular formula is C27H23Cl2FN4O2S2. The summed E-state index contributed by atoms with van der Waals surface area (Å²) in [7, 11) is -3.95. The summed E-state index contributed by atoms with van der Waals surface area (Å²) >= 11 is 17.6. The van der Waals surface area contributed by atoms with E-state index in [-0.39, 0.29) is 18.0 Å². The zero-order valence-corrected chi connectivity index (χ0v) is 23.1. The van der Waals surface area contributed by atoms with Crippen molar-refractivity contribution in [3.05, 3.63) is 124 Å². The van der Waals surface area contributed by atoms with Crippen LogP contribution in [0, 0.1) is 5.82 Å². The monoisotopic (exact) mass is 588 g/mol. The first-order valence-electron chi connectivity index (χ1n) is 11.4. The van der Waals surface area contributed by atoms with Gasteiger partial charge >= 0.3 is 0 Å². The van der Waals surface area contributed by atoms with Crippen molar-refractivity contribution >= 4 is 56.2 Å². The van der Waals surface area contributed by atoms with E-state index in [9.17, 15) is 12.8 Å². The number of hydrogen-bond donors (Lipinski definition) is 2. The highest BCUT2D eigenvalue weighted by atomic mass is 35.5. The second kappa shape index (κ2) is 12.6. The summed E-state index contributed by atoms with van der Waals surface area (Å²) in [5.74, 6) is -0.402. The predicted octanol–water partition coefficient (Wildman–Crippen LogP) is 6.41. The minimum absolute atomic E-state index is 0.0169. The fourth-order valence-corrected chi connectivity index (χ4v) is 5.82. The van der Waals surface area contributed by atoms with Crippen LogP contribution >= 0.6 is 35.4 Å². The fourth-order valence-electron chi connectivity index (χ4n) is 3.64. The van der Waals surface area contributed by atoms with Crippen LogP contribution in [0.2, 0.25) is 10.0 Å². The highest BCUT2D eigenvalue weighted by Crippen LogP contribution is 2.26. The van der Waals surface area contributed by atoms with E-state index in [0.29, 0.717) is 38.5 Å². The molecule has 2 N–H and O–H groups in total. The van der Waals surface area contributed by atoms with Crippen molar-refractivity contribution in [2.24, 2.45) is 0 Å². The lowest BCUT2D eigenvalue weighted by Crippen LogP contribution is -2.30. The van der Waals surface area contributed by atoms with Gasteiger partial charge in [0, 0.05) is 47.8 Å². The minimum Gasteiger partial charge on any atom is -0.358 e. The van der Waals surface area contributed by atoms with Crippen LogP contribution in [0.15, 0.2) is 96.2 Å². The first-order chi connectivity index (χ1) is 18.2. The number of pyridine rings is 1. The fraction of sp³-hybridized carbons (Fsp3) is 0.111. The van der Waals surface area contributed by atoms with E-state index >= 15 is 0 Å². The molecule has 0 radical (unpaired) electrons. The molecule has 4 aromatic rings. The third kappa shape index (κ3) is 7.72. The number of nitrogens with one attached hydrogen (secondary N) is 2. The van der Waals surface area contributed by atoms with Gasteiger partial charge in [0.15, 0.2) is 5.11 Å². The largest absolute Gasteiger partial charge is 0.358 e. The van der Waals surface area contributed by atoms with Crippen molar-refractivity contribution in [3.8, 4) is 0 Å². The molecule has 0 atom stereocenters. The molecule has 0 aliphatic rings. The number of thiocarbonyl (C=S) groups is 1. The first kappa shape index (κ1) is 27.9. The SMILES string of the molecule is O=S(=O)(c1ccc(NC(=S)NCc2ccncc2)cc1)N(Cc1ccc(F)cc1)Cc1cc(Cl)cc(Cl)c1. The van der Waals surface area contributed by atoms with Crippen molar-refractivity contribution < 1.29 is 12.8 Å². The minimum atomic E-state index is -3.95. The number of rotatable bonds is 9. The summed E-state index contributed by atoms with van der Waals surface area (Å²) in [4.78, 5) is 4.07. The molecule has 0 fully saturated rings. The van der Waals surface area contributed by atoms with Crippen LogP contribution in [0.1, 0.15) is 16.7 Å². The Bertz CT molecular complexity index is 1480. The molecule has 0 unspecified atom stereocenters. The number of benzene rings is 3. The number of aromatic nitrogens is 1. The summed E-state index contributed by atoms with van der Waals surface area (Å²) in [6, 6.07) is 20.6. The van der Waals surface area contributed by atoms with Gasteiger partial charge in [-0.25, -0.2) is 12.8 Å². The molecule has 196 valence electrons. The summed E-state index contributed by atoms with van der Waals surface area (Å²) in [6.07, 6.45) is 3.40. The molecule has 0 amide bonds. The van der Waals surface area contributed by atoms with Crippen molar-refractivity contribution in [2.75, 3.05) is 5.32 Å². The van der Waals surface area contributed by atoms with Gasteiger partial charge in [-0.15, -0.1) is 0 Å². The molecule has 6 nitrogen and oxygen atoms in total. The molecule has 4 rings (SSSR count). The van der Waals surface area contributed by atoms with Crippen LogP contribution < -0.4 is 10.6 Å². The molecule has 0 aliphatic carbocycles. The van der Waals surface area contributed by atoms with Gasteiger partial charge in [0.1, 0.15) is 5.82 Å². The van der Waals surface area contributed by atoms with Crippen molar-refractivity contribution in [1.82, 2.24) is 14.6 Å². The number of nitrogens with zero attached hydrogens (tertiary/aromatic N) is 2. The Balaban J connectivity index is 1.51. The molecule has 11 heteroatoms. The van der Waals surface area contributed by atoms with E-state index < -0.39 is 15.8 Å². The quantitative estimate of drug-likeness (QED) is 0.220. The smallest absolute Gasteiger partial charge is 0.243 e. The molecular weight excluding hydrogens is 566 g/mol. The normalized spacial score (nSPS) is 11.4. The van der Waals surface area contributed by atoms with Crippen LogP contribution in [-0.4, -0.2) is 22.8 Å². The standard InChI is InChI=1S/C27H23Cl2FN4O2S2/c28-22-13-21(14-23(29)15-22)18-34(17-20-1-3-24(30)4-2-20)38(35,36)26-7-5-25(6-8-26)33-27(37)32-16-19-9-11-31-12-10-19/h1-15H,16-18H2,(H2,32,33,37). The van der Waals surface area contributed by atoms with E-state index in [1.807, 2.05) is 12.1 Å². The maximum absolute atomic E-state index is 13.7. The molecule has 38 heavy (non-hydrogen) atoms. The Morgan fingerprint density at radius 1 is 0.842 bits per heavy atom. The van der Waals surface area contributed by atoms with E-state index in [4.69, 9.17) is 35.4 Å². The number of halogens is 3. The van der Waals surface area contributed by atoms with Crippen molar-refractivity contribution in [2.45, 2.75) is 24.5 Å². The molecule has 0 saturated heterocycles. The maximum Gasteiger partial charge on any atom is 0.243 e. The Morgan fingerprint density at radius 2 is 1.45 bits per heavy atom. The summed E-state index contributed by atoms with van der Waals surface area (Å²) in [5, 5.41) is 7.34. The average Bonchev–Trinajstić information content (AvgIpc) is 2.89. The van der Waals surface area contributed by atoms with Crippen LogP contribution in [0.25, 0.3) is 0 Å². The van der Waals surface area contributed by atoms with E-state index in [1.54, 1.807) is 54.9 Å². The van der Waals surface area contributed by atoms with Crippen LogP contribution in [0.3, 0.4) is 0 Å². The average molecular weight is 590 g/mol. The van der Waals surface area contributed by atoms with E-state index in [1.165, 1.54) is 28.6 Å². The lowest BCUT2D eigenvalue weighted by atomic mass is 10.2. The van der Waals surface area contributed by atoms with Gasteiger partial charge in [-0.05, 0) is 95.6 Å². The van der Waals surface area contributed by atoms with E-state index in [2.05, 4.69) is 15.6 Å². The van der Waals surface area contributed by atoms with Gasteiger partial charge in [-0.1, -0.05) is 35.3 Å². The predicted molar refractivity (Wildman–Crippen MR) is 153 cm³/mol. The van der Waals surface area contributed by atoms with E-state index in [0.717, 1.165) is 5.56 Å².